The molecule has 0 atom stereocenters. The molecule has 194 valence electrons. The molecular formula is C33H45NO2. The lowest BCUT2D eigenvalue weighted by Gasteiger charge is -2.19. The van der Waals surface area contributed by atoms with Crippen LogP contribution in [-0.2, 0) is 0 Å². The second-order valence-electron chi connectivity index (χ2n) is 9.65. The molecule has 0 aliphatic heterocycles. The van der Waals surface area contributed by atoms with E-state index in [9.17, 15) is 0 Å². The van der Waals surface area contributed by atoms with Crippen LogP contribution in [0, 0.1) is 0 Å². The summed E-state index contributed by atoms with van der Waals surface area (Å²) < 4.78 is 13.0. The van der Waals surface area contributed by atoms with Gasteiger partial charge in [0.2, 0.25) is 0 Å². The Hall–Kier alpha value is -2.81. The predicted octanol–water partition coefficient (Wildman–Crippen LogP) is 10.0. The van der Waals surface area contributed by atoms with E-state index in [0.717, 1.165) is 52.1 Å². The lowest BCUT2D eigenvalue weighted by atomic mass is 9.99. The van der Waals surface area contributed by atoms with Crippen molar-refractivity contribution in [1.29, 1.82) is 0 Å². The third kappa shape index (κ3) is 8.11. The molecular weight excluding hydrogens is 442 g/mol. The average molecular weight is 488 g/mol. The summed E-state index contributed by atoms with van der Waals surface area (Å²) in [6, 6.07) is 16.5. The molecule has 3 rings (SSSR count). The molecule has 3 aromatic rings. The van der Waals surface area contributed by atoms with Crippen LogP contribution < -0.4 is 9.47 Å². The van der Waals surface area contributed by atoms with Gasteiger partial charge in [-0.3, -0.25) is 0 Å². The van der Waals surface area contributed by atoms with Crippen molar-refractivity contribution in [3.8, 4) is 22.6 Å². The maximum atomic E-state index is 6.60. The third-order valence-corrected chi connectivity index (χ3v) is 6.71. The summed E-state index contributed by atoms with van der Waals surface area (Å²) in [5, 5.41) is 0.971. The summed E-state index contributed by atoms with van der Waals surface area (Å²) in [5.41, 5.74) is 3.83. The molecule has 36 heavy (non-hydrogen) atoms. The summed E-state index contributed by atoms with van der Waals surface area (Å²) in [6.07, 6.45) is 16.7. The zero-order valence-corrected chi connectivity index (χ0v) is 22.6. The van der Waals surface area contributed by atoms with Crippen LogP contribution in [0.3, 0.4) is 0 Å². The van der Waals surface area contributed by atoms with Crippen molar-refractivity contribution in [3.63, 3.8) is 0 Å². The Balaban J connectivity index is 1.87. The monoisotopic (exact) mass is 487 g/mol. The maximum absolute atomic E-state index is 6.60. The molecule has 0 aliphatic carbocycles. The molecule has 0 spiro atoms. The van der Waals surface area contributed by atoms with Crippen molar-refractivity contribution in [3.05, 3.63) is 60.8 Å². The number of aromatic nitrogens is 1. The van der Waals surface area contributed by atoms with Gasteiger partial charge in [-0.2, -0.15) is 0 Å². The van der Waals surface area contributed by atoms with Crippen LogP contribution in [0.25, 0.3) is 28.1 Å². The number of benzene rings is 2. The molecule has 2 aromatic carbocycles. The summed E-state index contributed by atoms with van der Waals surface area (Å²) in [6.45, 7) is 9.98. The molecule has 1 aromatic heterocycles. The van der Waals surface area contributed by atoms with E-state index in [2.05, 4.69) is 50.8 Å². The van der Waals surface area contributed by atoms with Crippen molar-refractivity contribution in [2.75, 3.05) is 13.2 Å². The van der Waals surface area contributed by atoms with Gasteiger partial charge in [-0.1, -0.05) is 121 Å². The lowest BCUT2D eigenvalue weighted by Crippen LogP contribution is -2.05. The molecule has 3 heteroatoms. The Bertz CT molecular complexity index is 1040. The van der Waals surface area contributed by atoms with Crippen LogP contribution in [0.5, 0.6) is 11.5 Å². The second-order valence-corrected chi connectivity index (χ2v) is 9.65. The molecule has 0 bridgehead atoms. The molecule has 1 heterocycles. The van der Waals surface area contributed by atoms with Crippen LogP contribution in [0.1, 0.15) is 96.6 Å². The molecule has 0 aliphatic rings. The predicted molar refractivity (Wildman–Crippen MR) is 155 cm³/mol. The van der Waals surface area contributed by atoms with Gasteiger partial charge in [0.15, 0.2) is 0 Å². The minimum absolute atomic E-state index is 0.688. The summed E-state index contributed by atoms with van der Waals surface area (Å²) >= 11 is 0. The van der Waals surface area contributed by atoms with Crippen molar-refractivity contribution >= 4 is 17.0 Å². The zero-order chi connectivity index (χ0) is 25.4. The van der Waals surface area contributed by atoms with Crippen LogP contribution >= 0.6 is 0 Å². The van der Waals surface area contributed by atoms with E-state index in [1.165, 1.54) is 64.2 Å². The summed E-state index contributed by atoms with van der Waals surface area (Å²) in [5.74, 6) is 1.73. The highest BCUT2D eigenvalue weighted by Crippen LogP contribution is 2.43. The zero-order valence-electron chi connectivity index (χ0n) is 22.6. The minimum Gasteiger partial charge on any atom is -0.493 e. The van der Waals surface area contributed by atoms with Crippen LogP contribution in [0.15, 0.2) is 55.1 Å². The third-order valence-electron chi connectivity index (χ3n) is 6.71. The second kappa shape index (κ2) is 16.0. The first-order valence-corrected chi connectivity index (χ1v) is 14.2. The van der Waals surface area contributed by atoms with E-state index >= 15 is 0 Å². The summed E-state index contributed by atoms with van der Waals surface area (Å²) in [7, 11) is 0. The number of rotatable bonds is 18. The Labute approximate surface area is 218 Å². The summed E-state index contributed by atoms with van der Waals surface area (Å²) in [4.78, 5) is 4.97. The number of nitrogens with zero attached hydrogens (tertiary/aromatic N) is 1. The Morgan fingerprint density at radius 2 is 1.31 bits per heavy atom. The van der Waals surface area contributed by atoms with Gasteiger partial charge in [0.25, 0.3) is 0 Å². The first-order chi connectivity index (χ1) is 17.8. The number of ether oxygens (including phenoxy) is 2. The Morgan fingerprint density at radius 1 is 0.694 bits per heavy atom. The van der Waals surface area contributed by atoms with Crippen molar-refractivity contribution < 1.29 is 9.47 Å². The first kappa shape index (κ1) is 27.8. The first-order valence-electron chi connectivity index (χ1n) is 14.2. The quantitative estimate of drug-likeness (QED) is 0.167. The van der Waals surface area contributed by atoms with E-state index in [0.29, 0.717) is 13.2 Å². The molecule has 0 fully saturated rings. The molecule has 0 N–H and O–H groups in total. The van der Waals surface area contributed by atoms with Crippen LogP contribution in [0.2, 0.25) is 0 Å². The van der Waals surface area contributed by atoms with Gasteiger partial charge in [-0.15, -0.1) is 0 Å². The number of pyridine rings is 1. The highest BCUT2D eigenvalue weighted by molar-refractivity contribution is 5.99. The minimum atomic E-state index is 0.688. The molecule has 0 saturated heterocycles. The molecule has 0 saturated carbocycles. The Morgan fingerprint density at radius 3 is 1.94 bits per heavy atom. The highest BCUT2D eigenvalue weighted by Gasteiger charge is 2.20. The number of fused-ring (bicyclic) bond motifs is 1. The largest absolute Gasteiger partial charge is 0.493 e. The average Bonchev–Trinajstić information content (AvgIpc) is 2.92. The smallest absolute Gasteiger partial charge is 0.142 e. The van der Waals surface area contributed by atoms with Crippen molar-refractivity contribution in [2.45, 2.75) is 90.9 Å². The number of hydrogen-bond acceptors (Lipinski definition) is 3. The number of unbranched alkanes of at least 4 members (excludes halogenated alkanes) is 10. The molecule has 0 amide bonds. The molecule has 0 radical (unpaired) electrons. The normalized spacial score (nSPS) is 11.1. The highest BCUT2D eigenvalue weighted by atomic mass is 16.5. The molecule has 0 unspecified atom stereocenters. The van der Waals surface area contributed by atoms with E-state index in [-0.39, 0.29) is 0 Å². The van der Waals surface area contributed by atoms with Gasteiger partial charge in [0.05, 0.1) is 35.4 Å². The lowest BCUT2D eigenvalue weighted by molar-refractivity contribution is 0.297. The van der Waals surface area contributed by atoms with Gasteiger partial charge < -0.3 is 9.47 Å². The SMILES string of the molecule is C=Cc1nc2cccc(OCCCCCCCC)c2c(OCCCCCCCC)c1-c1ccccc1. The van der Waals surface area contributed by atoms with Gasteiger partial charge >= 0.3 is 0 Å². The van der Waals surface area contributed by atoms with Gasteiger partial charge in [0, 0.05) is 0 Å². The van der Waals surface area contributed by atoms with E-state index in [4.69, 9.17) is 14.5 Å². The van der Waals surface area contributed by atoms with Gasteiger partial charge in [-0.25, -0.2) is 4.98 Å². The van der Waals surface area contributed by atoms with E-state index in [1.807, 2.05) is 24.3 Å². The van der Waals surface area contributed by atoms with Gasteiger partial charge in [0.1, 0.15) is 11.5 Å². The maximum Gasteiger partial charge on any atom is 0.142 e. The van der Waals surface area contributed by atoms with Crippen molar-refractivity contribution in [1.82, 2.24) is 4.98 Å². The standard InChI is InChI=1S/C33H45NO2/c1-4-7-9-11-13-18-25-35-30-24-20-23-29-32(30)33(36-26-19-14-12-10-8-5-2)31(28(6-3)34-29)27-21-16-15-17-22-27/h6,15-17,20-24H,3-5,7-14,18-19,25-26H2,1-2H3. The van der Waals surface area contributed by atoms with E-state index in [1.54, 1.807) is 0 Å². The number of hydrogen-bond donors (Lipinski definition) is 0. The van der Waals surface area contributed by atoms with Crippen LogP contribution in [-0.4, -0.2) is 18.2 Å². The Kier molecular flexibility index (Phi) is 12.4. The fourth-order valence-corrected chi connectivity index (χ4v) is 4.69. The topological polar surface area (TPSA) is 31.4 Å². The van der Waals surface area contributed by atoms with Crippen molar-refractivity contribution in [2.24, 2.45) is 0 Å². The van der Waals surface area contributed by atoms with Crippen LogP contribution in [0.4, 0.5) is 0 Å². The van der Waals surface area contributed by atoms with E-state index < -0.39 is 0 Å². The fourth-order valence-electron chi connectivity index (χ4n) is 4.69. The van der Waals surface area contributed by atoms with Gasteiger partial charge in [-0.05, 0) is 36.6 Å². The fraction of sp³-hybridized carbons (Fsp3) is 0.485. The molecule has 3 nitrogen and oxygen atoms in total.